The number of hydrogen-bond acceptors (Lipinski definition) is 3. The Morgan fingerprint density at radius 3 is 2.94 bits per heavy atom. The molecule has 2 rings (SSSR count). The van der Waals surface area contributed by atoms with Gasteiger partial charge in [-0.15, -0.1) is 0 Å². The highest BCUT2D eigenvalue weighted by atomic mass is 16.5. The zero-order valence-electron chi connectivity index (χ0n) is 12.4. The lowest BCUT2D eigenvalue weighted by Gasteiger charge is -2.42. The van der Waals surface area contributed by atoms with Crippen molar-refractivity contribution in [1.29, 1.82) is 0 Å². The smallest absolute Gasteiger partial charge is 0.0521 e. The minimum atomic E-state index is 0.501. The average molecular weight is 254 g/mol. The molecule has 106 valence electrons. The monoisotopic (exact) mass is 254 g/mol. The van der Waals surface area contributed by atoms with E-state index in [4.69, 9.17) is 4.74 Å². The number of piperidine rings is 1. The van der Waals surface area contributed by atoms with Crippen molar-refractivity contribution in [2.75, 3.05) is 39.4 Å². The topological polar surface area (TPSA) is 24.5 Å². The minimum Gasteiger partial charge on any atom is -0.381 e. The zero-order chi connectivity index (χ0) is 13.0. The Morgan fingerprint density at radius 2 is 2.22 bits per heavy atom. The molecule has 3 heteroatoms. The lowest BCUT2D eigenvalue weighted by atomic mass is 9.83. The molecule has 2 atom stereocenters. The number of rotatable bonds is 4. The van der Waals surface area contributed by atoms with Gasteiger partial charge in [0.15, 0.2) is 0 Å². The molecule has 0 aromatic carbocycles. The Morgan fingerprint density at radius 1 is 1.39 bits per heavy atom. The van der Waals surface area contributed by atoms with E-state index in [0.717, 1.165) is 19.8 Å². The van der Waals surface area contributed by atoms with Gasteiger partial charge in [0.05, 0.1) is 6.61 Å². The first-order chi connectivity index (χ1) is 8.61. The highest BCUT2D eigenvalue weighted by molar-refractivity contribution is 4.85. The van der Waals surface area contributed by atoms with Gasteiger partial charge in [0, 0.05) is 31.7 Å². The first-order valence-electron chi connectivity index (χ1n) is 7.64. The molecule has 2 fully saturated rings. The van der Waals surface area contributed by atoms with Crippen LogP contribution in [0.1, 0.15) is 40.0 Å². The largest absolute Gasteiger partial charge is 0.381 e. The highest BCUT2D eigenvalue weighted by Crippen LogP contribution is 2.29. The van der Waals surface area contributed by atoms with Crippen molar-refractivity contribution in [2.24, 2.45) is 11.3 Å². The number of likely N-dealkylation sites (tertiary alicyclic amines) is 1. The van der Waals surface area contributed by atoms with Crippen molar-refractivity contribution < 1.29 is 4.74 Å². The molecular formula is C15H30N2O. The van der Waals surface area contributed by atoms with Crippen LogP contribution in [0.3, 0.4) is 0 Å². The third-order valence-corrected chi connectivity index (χ3v) is 4.41. The summed E-state index contributed by atoms with van der Waals surface area (Å²) in [7, 11) is 0. The van der Waals surface area contributed by atoms with Crippen LogP contribution in [0.2, 0.25) is 0 Å². The number of nitrogens with zero attached hydrogens (tertiary/aromatic N) is 1. The molecule has 2 saturated heterocycles. The van der Waals surface area contributed by atoms with E-state index in [1.807, 2.05) is 0 Å². The van der Waals surface area contributed by atoms with E-state index in [0.29, 0.717) is 17.4 Å². The second-order valence-corrected chi connectivity index (χ2v) is 6.79. The molecule has 0 aromatic heterocycles. The number of hydrogen-bond donors (Lipinski definition) is 1. The van der Waals surface area contributed by atoms with Crippen LogP contribution in [0.5, 0.6) is 0 Å². The van der Waals surface area contributed by atoms with Gasteiger partial charge in [-0.1, -0.05) is 20.8 Å². The quantitative estimate of drug-likeness (QED) is 0.832. The molecule has 2 aliphatic heterocycles. The average Bonchev–Trinajstić information content (AvgIpc) is 2.31. The van der Waals surface area contributed by atoms with Gasteiger partial charge in [0.1, 0.15) is 0 Å². The van der Waals surface area contributed by atoms with E-state index in [2.05, 4.69) is 31.0 Å². The predicted octanol–water partition coefficient (Wildman–Crippen LogP) is 2.12. The van der Waals surface area contributed by atoms with Crippen molar-refractivity contribution in [1.82, 2.24) is 10.2 Å². The fraction of sp³-hybridized carbons (Fsp3) is 1.00. The maximum absolute atomic E-state index is 5.69. The van der Waals surface area contributed by atoms with Crippen LogP contribution in [-0.4, -0.2) is 50.3 Å². The molecule has 0 radical (unpaired) electrons. The van der Waals surface area contributed by atoms with Crippen molar-refractivity contribution in [2.45, 2.75) is 46.1 Å². The Kier molecular flexibility index (Phi) is 5.05. The van der Waals surface area contributed by atoms with Crippen LogP contribution in [0.15, 0.2) is 0 Å². The lowest BCUT2D eigenvalue weighted by Crippen LogP contribution is -2.50. The molecule has 1 N–H and O–H groups in total. The van der Waals surface area contributed by atoms with Gasteiger partial charge in [-0.3, -0.25) is 0 Å². The Bertz CT molecular complexity index is 253. The number of nitrogens with one attached hydrogen (secondary N) is 1. The molecule has 0 bridgehead atoms. The maximum Gasteiger partial charge on any atom is 0.0521 e. The molecule has 3 nitrogen and oxygen atoms in total. The van der Waals surface area contributed by atoms with Gasteiger partial charge in [-0.2, -0.15) is 0 Å². The highest BCUT2D eigenvalue weighted by Gasteiger charge is 2.31. The molecule has 0 saturated carbocycles. The zero-order valence-corrected chi connectivity index (χ0v) is 12.4. The Balaban J connectivity index is 1.86. The summed E-state index contributed by atoms with van der Waals surface area (Å²) in [6.07, 6.45) is 3.91. The van der Waals surface area contributed by atoms with Crippen LogP contribution in [-0.2, 0) is 4.74 Å². The molecule has 2 heterocycles. The van der Waals surface area contributed by atoms with Crippen LogP contribution in [0.4, 0.5) is 0 Å². The van der Waals surface area contributed by atoms with Crippen molar-refractivity contribution in [3.05, 3.63) is 0 Å². The minimum absolute atomic E-state index is 0.501. The second-order valence-electron chi connectivity index (χ2n) is 6.79. The van der Waals surface area contributed by atoms with Crippen LogP contribution < -0.4 is 5.32 Å². The summed E-state index contributed by atoms with van der Waals surface area (Å²) < 4.78 is 5.69. The summed E-state index contributed by atoms with van der Waals surface area (Å²) in [4.78, 5) is 2.66. The van der Waals surface area contributed by atoms with Crippen LogP contribution in [0, 0.1) is 11.3 Å². The van der Waals surface area contributed by atoms with Gasteiger partial charge in [0.2, 0.25) is 0 Å². The van der Waals surface area contributed by atoms with Gasteiger partial charge < -0.3 is 15.0 Å². The summed E-state index contributed by atoms with van der Waals surface area (Å²) in [5, 5.41) is 3.64. The summed E-state index contributed by atoms with van der Waals surface area (Å²) in [5.74, 6) is 0.674. The summed E-state index contributed by atoms with van der Waals surface area (Å²) in [6.45, 7) is 13.7. The maximum atomic E-state index is 5.69. The van der Waals surface area contributed by atoms with E-state index in [-0.39, 0.29) is 0 Å². The summed E-state index contributed by atoms with van der Waals surface area (Å²) in [6, 6.07) is 0.661. The van der Waals surface area contributed by atoms with Crippen molar-refractivity contribution >= 4 is 0 Å². The van der Waals surface area contributed by atoms with Gasteiger partial charge >= 0.3 is 0 Å². The predicted molar refractivity (Wildman–Crippen MR) is 75.8 cm³/mol. The third-order valence-electron chi connectivity index (χ3n) is 4.41. The standard InChI is InChI=1S/C15H30N2O/c1-4-16-14-6-9-18-11-13(14)10-17-8-5-7-15(2,3)12-17/h13-14,16H,4-12H2,1-3H3. The normalized spacial score (nSPS) is 33.5. The van der Waals surface area contributed by atoms with E-state index < -0.39 is 0 Å². The van der Waals surface area contributed by atoms with E-state index >= 15 is 0 Å². The summed E-state index contributed by atoms with van der Waals surface area (Å²) >= 11 is 0. The molecule has 18 heavy (non-hydrogen) atoms. The van der Waals surface area contributed by atoms with Crippen molar-refractivity contribution in [3.63, 3.8) is 0 Å². The molecular weight excluding hydrogens is 224 g/mol. The van der Waals surface area contributed by atoms with E-state index in [1.165, 1.54) is 38.9 Å². The molecule has 0 aromatic rings. The van der Waals surface area contributed by atoms with E-state index in [9.17, 15) is 0 Å². The fourth-order valence-corrected chi connectivity index (χ4v) is 3.54. The van der Waals surface area contributed by atoms with Gasteiger partial charge in [-0.25, -0.2) is 0 Å². The number of ether oxygens (including phenoxy) is 1. The first kappa shape index (κ1) is 14.3. The van der Waals surface area contributed by atoms with Crippen molar-refractivity contribution in [3.8, 4) is 0 Å². The lowest BCUT2D eigenvalue weighted by molar-refractivity contribution is 0.00461. The molecule has 2 unspecified atom stereocenters. The van der Waals surface area contributed by atoms with E-state index in [1.54, 1.807) is 0 Å². The molecule has 0 aliphatic carbocycles. The van der Waals surface area contributed by atoms with Gasteiger partial charge in [-0.05, 0) is 37.8 Å². The molecule has 0 spiro atoms. The third kappa shape index (κ3) is 3.94. The van der Waals surface area contributed by atoms with Crippen LogP contribution in [0.25, 0.3) is 0 Å². The second kappa shape index (κ2) is 6.36. The summed E-state index contributed by atoms with van der Waals surface area (Å²) in [5.41, 5.74) is 0.501. The SMILES string of the molecule is CCNC1CCOCC1CN1CCCC(C)(C)C1. The molecule has 2 aliphatic rings. The Labute approximate surface area is 112 Å². The first-order valence-corrected chi connectivity index (χ1v) is 7.64. The Hall–Kier alpha value is -0.120. The van der Waals surface area contributed by atoms with Crippen LogP contribution >= 0.6 is 0 Å². The van der Waals surface area contributed by atoms with Gasteiger partial charge in [0.25, 0.3) is 0 Å². The fourth-order valence-electron chi connectivity index (χ4n) is 3.54. The molecule has 0 amide bonds.